The summed E-state index contributed by atoms with van der Waals surface area (Å²) in [5, 5.41) is 10.5. The molecule has 3 rings (SSSR count). The van der Waals surface area contributed by atoms with Gasteiger partial charge in [-0.2, -0.15) is 0 Å². The first kappa shape index (κ1) is 17.4. The molecule has 0 unspecified atom stereocenters. The number of fused-ring (bicyclic) bond motifs is 1. The summed E-state index contributed by atoms with van der Waals surface area (Å²) in [6.07, 6.45) is 2.16. The van der Waals surface area contributed by atoms with Gasteiger partial charge in [0.25, 0.3) is 0 Å². The minimum Gasteiger partial charge on any atom is -0.493 e. The molecule has 6 nitrogen and oxygen atoms in total. The van der Waals surface area contributed by atoms with Crippen LogP contribution in [0, 0.1) is 6.92 Å². The number of hydrogen-bond acceptors (Lipinski definition) is 5. The average Bonchev–Trinajstić information content (AvgIpc) is 3.06. The van der Waals surface area contributed by atoms with E-state index in [2.05, 4.69) is 15.0 Å². The van der Waals surface area contributed by atoms with E-state index < -0.39 is 6.10 Å². The first-order chi connectivity index (χ1) is 12.2. The zero-order valence-electron chi connectivity index (χ0n) is 14.5. The molecular formula is C19H23N3O3. The van der Waals surface area contributed by atoms with Crippen molar-refractivity contribution in [2.24, 2.45) is 0 Å². The zero-order valence-corrected chi connectivity index (χ0v) is 14.5. The van der Waals surface area contributed by atoms with E-state index in [1.165, 1.54) is 0 Å². The molecule has 25 heavy (non-hydrogen) atoms. The number of H-pyrrole nitrogens is 1. The molecule has 3 aromatic rings. The fraction of sp³-hybridized carbons (Fsp3) is 0.368. The number of ether oxygens (including phenoxy) is 2. The van der Waals surface area contributed by atoms with Crippen LogP contribution in [0.15, 0.2) is 36.5 Å². The Morgan fingerprint density at radius 3 is 2.84 bits per heavy atom. The van der Waals surface area contributed by atoms with E-state index in [1.807, 2.05) is 37.3 Å². The molecule has 0 saturated carbocycles. The number of benzene rings is 1. The summed E-state index contributed by atoms with van der Waals surface area (Å²) in [5.41, 5.74) is 3.50. The van der Waals surface area contributed by atoms with E-state index >= 15 is 0 Å². The van der Waals surface area contributed by atoms with E-state index in [0.717, 1.165) is 34.5 Å². The van der Waals surface area contributed by atoms with Gasteiger partial charge in [-0.05, 0) is 25.1 Å². The minimum atomic E-state index is -0.748. The van der Waals surface area contributed by atoms with Gasteiger partial charge in [-0.25, -0.2) is 4.98 Å². The van der Waals surface area contributed by atoms with E-state index in [1.54, 1.807) is 13.3 Å². The number of imidazole rings is 1. The van der Waals surface area contributed by atoms with Crippen molar-refractivity contribution in [1.82, 2.24) is 15.0 Å². The number of aromatic amines is 1. The Bertz CT molecular complexity index is 799. The van der Waals surface area contributed by atoms with Gasteiger partial charge in [0.05, 0.1) is 17.6 Å². The maximum absolute atomic E-state index is 10.5. The molecule has 2 aromatic heterocycles. The molecule has 0 bridgehead atoms. The van der Waals surface area contributed by atoms with Crippen LogP contribution in [-0.4, -0.2) is 40.4 Å². The summed E-state index contributed by atoms with van der Waals surface area (Å²) < 4.78 is 10.8. The molecule has 0 saturated heterocycles. The van der Waals surface area contributed by atoms with Crippen molar-refractivity contribution in [3.8, 4) is 5.75 Å². The SMILES string of the molecule is COCCCOc1ccnc(C[C@@H](O)c2nc3ccccc3[nH]2)c1C. The number of rotatable bonds is 8. The van der Waals surface area contributed by atoms with Crippen LogP contribution in [0.5, 0.6) is 5.75 Å². The molecule has 6 heteroatoms. The number of nitrogens with one attached hydrogen (secondary N) is 1. The average molecular weight is 341 g/mol. The lowest BCUT2D eigenvalue weighted by molar-refractivity contribution is 0.167. The number of pyridine rings is 1. The molecule has 0 aliphatic rings. The van der Waals surface area contributed by atoms with Crippen LogP contribution in [0.4, 0.5) is 0 Å². The second kappa shape index (κ2) is 8.09. The fourth-order valence-corrected chi connectivity index (χ4v) is 2.72. The molecule has 0 aliphatic heterocycles. The topological polar surface area (TPSA) is 80.3 Å². The quantitative estimate of drug-likeness (QED) is 0.616. The van der Waals surface area contributed by atoms with Gasteiger partial charge >= 0.3 is 0 Å². The number of nitrogens with zero attached hydrogens (tertiary/aromatic N) is 2. The number of hydrogen-bond donors (Lipinski definition) is 2. The molecule has 2 N–H and O–H groups in total. The van der Waals surface area contributed by atoms with Gasteiger partial charge in [-0.1, -0.05) is 12.1 Å². The highest BCUT2D eigenvalue weighted by atomic mass is 16.5. The maximum atomic E-state index is 10.5. The highest BCUT2D eigenvalue weighted by Crippen LogP contribution is 2.24. The van der Waals surface area contributed by atoms with Crippen molar-refractivity contribution >= 4 is 11.0 Å². The molecular weight excluding hydrogens is 318 g/mol. The lowest BCUT2D eigenvalue weighted by atomic mass is 10.1. The molecule has 0 aliphatic carbocycles. The third-order valence-corrected chi connectivity index (χ3v) is 4.12. The largest absolute Gasteiger partial charge is 0.493 e. The maximum Gasteiger partial charge on any atom is 0.136 e. The summed E-state index contributed by atoms with van der Waals surface area (Å²) in [6.45, 7) is 3.21. The summed E-state index contributed by atoms with van der Waals surface area (Å²) in [6, 6.07) is 9.57. The molecule has 0 fully saturated rings. The molecule has 1 atom stereocenters. The van der Waals surface area contributed by atoms with E-state index in [-0.39, 0.29) is 0 Å². The molecule has 0 radical (unpaired) electrons. The number of methoxy groups -OCH3 is 1. The van der Waals surface area contributed by atoms with Gasteiger partial charge in [-0.3, -0.25) is 4.98 Å². The summed E-state index contributed by atoms with van der Waals surface area (Å²) in [5.74, 6) is 1.34. The lowest BCUT2D eigenvalue weighted by Gasteiger charge is -2.13. The van der Waals surface area contributed by atoms with Crippen molar-refractivity contribution < 1.29 is 14.6 Å². The smallest absolute Gasteiger partial charge is 0.136 e. The summed E-state index contributed by atoms with van der Waals surface area (Å²) >= 11 is 0. The summed E-state index contributed by atoms with van der Waals surface area (Å²) in [7, 11) is 1.68. The predicted octanol–water partition coefficient (Wildman–Crippen LogP) is 2.96. The molecule has 1 aromatic carbocycles. The Hall–Kier alpha value is -2.44. The fourth-order valence-electron chi connectivity index (χ4n) is 2.72. The van der Waals surface area contributed by atoms with Crippen LogP contribution in [0.25, 0.3) is 11.0 Å². The van der Waals surface area contributed by atoms with Gasteiger partial charge < -0.3 is 19.6 Å². The van der Waals surface area contributed by atoms with Crippen LogP contribution in [0.2, 0.25) is 0 Å². The van der Waals surface area contributed by atoms with Gasteiger partial charge in [0, 0.05) is 44.0 Å². The third kappa shape index (κ3) is 4.15. The van der Waals surface area contributed by atoms with Crippen LogP contribution >= 0.6 is 0 Å². The Balaban J connectivity index is 1.71. The normalized spacial score (nSPS) is 12.4. The van der Waals surface area contributed by atoms with Gasteiger partial charge in [0.15, 0.2) is 0 Å². The van der Waals surface area contributed by atoms with Crippen molar-refractivity contribution in [2.75, 3.05) is 20.3 Å². The molecule has 0 spiro atoms. The number of aromatic nitrogens is 3. The standard InChI is InChI=1S/C19H23N3O3/c1-13-16(20-9-8-18(13)25-11-5-10-24-2)12-17(23)19-21-14-6-3-4-7-15(14)22-19/h3-4,6-9,17,23H,5,10-12H2,1-2H3,(H,21,22)/t17-/m1/s1. The molecule has 132 valence electrons. The second-order valence-electron chi connectivity index (χ2n) is 5.93. The predicted molar refractivity (Wildman–Crippen MR) is 95.7 cm³/mol. The van der Waals surface area contributed by atoms with Crippen LogP contribution in [-0.2, 0) is 11.2 Å². The van der Waals surface area contributed by atoms with Crippen LogP contribution in [0.3, 0.4) is 0 Å². The number of aliphatic hydroxyl groups excluding tert-OH is 1. The van der Waals surface area contributed by atoms with E-state index in [0.29, 0.717) is 25.5 Å². The molecule has 0 amide bonds. The minimum absolute atomic E-state index is 0.376. The first-order valence-corrected chi connectivity index (χ1v) is 8.38. The van der Waals surface area contributed by atoms with Crippen molar-refractivity contribution in [3.63, 3.8) is 0 Å². The van der Waals surface area contributed by atoms with Crippen molar-refractivity contribution in [1.29, 1.82) is 0 Å². The van der Waals surface area contributed by atoms with Gasteiger partial charge in [-0.15, -0.1) is 0 Å². The monoisotopic (exact) mass is 341 g/mol. The lowest BCUT2D eigenvalue weighted by Crippen LogP contribution is -2.08. The first-order valence-electron chi connectivity index (χ1n) is 8.38. The van der Waals surface area contributed by atoms with Gasteiger partial charge in [0.1, 0.15) is 17.7 Å². The zero-order chi connectivity index (χ0) is 17.6. The van der Waals surface area contributed by atoms with Crippen molar-refractivity contribution in [3.05, 3.63) is 53.6 Å². The van der Waals surface area contributed by atoms with Crippen LogP contribution < -0.4 is 4.74 Å². The van der Waals surface area contributed by atoms with E-state index in [9.17, 15) is 5.11 Å². The van der Waals surface area contributed by atoms with E-state index in [4.69, 9.17) is 9.47 Å². The number of aliphatic hydroxyl groups is 1. The third-order valence-electron chi connectivity index (χ3n) is 4.12. The van der Waals surface area contributed by atoms with Gasteiger partial charge in [0.2, 0.25) is 0 Å². The number of para-hydroxylation sites is 2. The highest BCUT2D eigenvalue weighted by Gasteiger charge is 2.16. The van der Waals surface area contributed by atoms with Crippen molar-refractivity contribution in [2.45, 2.75) is 25.9 Å². The Labute approximate surface area is 146 Å². The Morgan fingerprint density at radius 1 is 1.20 bits per heavy atom. The molecule has 2 heterocycles. The Morgan fingerprint density at radius 2 is 2.04 bits per heavy atom. The second-order valence-corrected chi connectivity index (χ2v) is 5.93. The van der Waals surface area contributed by atoms with Crippen LogP contribution in [0.1, 0.15) is 29.6 Å². The summed E-state index contributed by atoms with van der Waals surface area (Å²) in [4.78, 5) is 12.0. The highest BCUT2D eigenvalue weighted by molar-refractivity contribution is 5.74. The Kier molecular flexibility index (Phi) is 5.63.